The summed E-state index contributed by atoms with van der Waals surface area (Å²) in [5.74, 6) is 0.00478. The Balaban J connectivity index is 0.00000261. The van der Waals surface area contributed by atoms with E-state index >= 15 is 0 Å². The predicted octanol–water partition coefficient (Wildman–Crippen LogP) is 2.86. The van der Waals surface area contributed by atoms with Crippen LogP contribution >= 0.6 is 12.4 Å². The molecule has 0 aliphatic carbocycles. The molecule has 5 nitrogen and oxygen atoms in total. The van der Waals surface area contributed by atoms with Gasteiger partial charge in [0.05, 0.1) is 32.5 Å². The second-order valence-electron chi connectivity index (χ2n) is 6.46. The first-order chi connectivity index (χ1) is 12.8. The topological polar surface area (TPSA) is 59.6 Å². The van der Waals surface area contributed by atoms with E-state index in [1.807, 2.05) is 60.7 Å². The van der Waals surface area contributed by atoms with Gasteiger partial charge in [-0.15, -0.1) is 12.4 Å². The first kappa shape index (κ1) is 21.4. The molecule has 1 aliphatic rings. The zero-order valence-electron chi connectivity index (χ0n) is 15.3. The van der Waals surface area contributed by atoms with Crippen LogP contribution in [0.2, 0.25) is 0 Å². The molecule has 1 fully saturated rings. The number of rotatable bonds is 8. The molecule has 146 valence electrons. The number of carbonyl (C=O) groups is 1. The Morgan fingerprint density at radius 2 is 1.85 bits per heavy atom. The maximum atomic E-state index is 12.5. The number of hydrogen-bond acceptors (Lipinski definition) is 4. The summed E-state index contributed by atoms with van der Waals surface area (Å²) in [5.41, 5.74) is 2.16. The van der Waals surface area contributed by atoms with E-state index < -0.39 is 0 Å². The zero-order chi connectivity index (χ0) is 18.0. The average Bonchev–Trinajstić information content (AvgIpc) is 2.69. The molecule has 2 atom stereocenters. The summed E-state index contributed by atoms with van der Waals surface area (Å²) in [5, 5.41) is 6.42. The molecule has 0 radical (unpaired) electrons. The summed E-state index contributed by atoms with van der Waals surface area (Å²) in [4.78, 5) is 12.5. The quantitative estimate of drug-likeness (QED) is 0.727. The van der Waals surface area contributed by atoms with Gasteiger partial charge in [0.25, 0.3) is 0 Å². The van der Waals surface area contributed by atoms with Crippen molar-refractivity contribution in [2.75, 3.05) is 26.4 Å². The number of nitrogens with one attached hydrogen (secondary N) is 2. The normalized spacial score (nSPS) is 17.6. The zero-order valence-corrected chi connectivity index (χ0v) is 16.1. The van der Waals surface area contributed by atoms with E-state index in [2.05, 4.69) is 10.6 Å². The van der Waals surface area contributed by atoms with E-state index in [1.54, 1.807) is 0 Å². The lowest BCUT2D eigenvalue weighted by atomic mass is 10.1. The van der Waals surface area contributed by atoms with Gasteiger partial charge in [-0.3, -0.25) is 4.79 Å². The first-order valence-corrected chi connectivity index (χ1v) is 9.08. The fourth-order valence-electron chi connectivity index (χ4n) is 3.00. The monoisotopic (exact) mass is 390 g/mol. The van der Waals surface area contributed by atoms with Crippen molar-refractivity contribution in [2.24, 2.45) is 0 Å². The van der Waals surface area contributed by atoms with Crippen molar-refractivity contribution in [2.45, 2.75) is 25.1 Å². The van der Waals surface area contributed by atoms with Gasteiger partial charge in [-0.2, -0.15) is 0 Å². The van der Waals surface area contributed by atoms with Crippen molar-refractivity contribution in [3.05, 3.63) is 71.8 Å². The van der Waals surface area contributed by atoms with Crippen molar-refractivity contribution in [1.29, 1.82) is 0 Å². The van der Waals surface area contributed by atoms with E-state index in [0.29, 0.717) is 32.8 Å². The maximum absolute atomic E-state index is 12.5. The third-order valence-corrected chi connectivity index (χ3v) is 4.36. The molecule has 1 saturated heterocycles. The molecule has 1 heterocycles. The molecule has 27 heavy (non-hydrogen) atoms. The molecule has 2 aromatic rings. The molecular formula is C21H27ClN2O3. The summed E-state index contributed by atoms with van der Waals surface area (Å²) in [6.45, 7) is 3.03. The third-order valence-electron chi connectivity index (χ3n) is 4.36. The summed E-state index contributed by atoms with van der Waals surface area (Å²) >= 11 is 0. The van der Waals surface area contributed by atoms with Crippen LogP contribution in [0.5, 0.6) is 0 Å². The van der Waals surface area contributed by atoms with Crippen LogP contribution in [-0.4, -0.2) is 38.3 Å². The lowest BCUT2D eigenvalue weighted by molar-refractivity contribution is -0.123. The SMILES string of the molecule is Cl.O=C(CC1COCCN1)NC(COCc1ccccc1)c1ccccc1. The smallest absolute Gasteiger partial charge is 0.222 e. The van der Waals surface area contributed by atoms with Gasteiger partial charge in [0, 0.05) is 19.0 Å². The van der Waals surface area contributed by atoms with Gasteiger partial charge < -0.3 is 20.1 Å². The minimum atomic E-state index is -0.170. The molecule has 3 rings (SSSR count). The van der Waals surface area contributed by atoms with E-state index in [0.717, 1.165) is 17.7 Å². The molecule has 0 spiro atoms. The van der Waals surface area contributed by atoms with Crippen LogP contribution in [0.3, 0.4) is 0 Å². The van der Waals surface area contributed by atoms with Gasteiger partial charge in [0.1, 0.15) is 0 Å². The largest absolute Gasteiger partial charge is 0.378 e. The number of halogens is 1. The fraction of sp³-hybridized carbons (Fsp3) is 0.381. The van der Waals surface area contributed by atoms with Gasteiger partial charge in [-0.25, -0.2) is 0 Å². The Bertz CT molecular complexity index is 664. The molecule has 2 unspecified atom stereocenters. The van der Waals surface area contributed by atoms with Crippen LogP contribution in [0.1, 0.15) is 23.6 Å². The van der Waals surface area contributed by atoms with E-state index in [9.17, 15) is 4.79 Å². The Morgan fingerprint density at radius 1 is 1.15 bits per heavy atom. The summed E-state index contributed by atoms with van der Waals surface area (Å²) in [7, 11) is 0. The predicted molar refractivity (Wildman–Crippen MR) is 108 cm³/mol. The van der Waals surface area contributed by atoms with Crippen molar-refractivity contribution >= 4 is 18.3 Å². The lowest BCUT2D eigenvalue weighted by Crippen LogP contribution is -2.45. The highest BCUT2D eigenvalue weighted by atomic mass is 35.5. The molecule has 0 bridgehead atoms. The highest BCUT2D eigenvalue weighted by Gasteiger charge is 2.20. The number of carbonyl (C=O) groups excluding carboxylic acids is 1. The molecule has 0 aromatic heterocycles. The van der Waals surface area contributed by atoms with Crippen LogP contribution in [0.4, 0.5) is 0 Å². The molecule has 0 saturated carbocycles. The Labute approximate surface area is 166 Å². The number of morpholine rings is 1. The van der Waals surface area contributed by atoms with E-state index in [4.69, 9.17) is 9.47 Å². The summed E-state index contributed by atoms with van der Waals surface area (Å²) in [6.07, 6.45) is 0.405. The van der Waals surface area contributed by atoms with Gasteiger partial charge in [-0.05, 0) is 11.1 Å². The van der Waals surface area contributed by atoms with Crippen molar-refractivity contribution in [1.82, 2.24) is 10.6 Å². The Hall–Kier alpha value is -1.92. The van der Waals surface area contributed by atoms with Crippen LogP contribution in [0, 0.1) is 0 Å². The second kappa shape index (κ2) is 11.7. The third kappa shape index (κ3) is 7.31. The van der Waals surface area contributed by atoms with Crippen LogP contribution in [0.25, 0.3) is 0 Å². The average molecular weight is 391 g/mol. The molecule has 2 aromatic carbocycles. The highest BCUT2D eigenvalue weighted by molar-refractivity contribution is 5.85. The number of amides is 1. The molecule has 1 amide bonds. The Morgan fingerprint density at radius 3 is 2.52 bits per heavy atom. The van der Waals surface area contributed by atoms with Gasteiger partial charge in [-0.1, -0.05) is 60.7 Å². The van der Waals surface area contributed by atoms with Crippen LogP contribution in [0.15, 0.2) is 60.7 Å². The van der Waals surface area contributed by atoms with E-state index in [1.165, 1.54) is 0 Å². The maximum Gasteiger partial charge on any atom is 0.222 e. The Kier molecular flexibility index (Phi) is 9.28. The molecule has 6 heteroatoms. The van der Waals surface area contributed by atoms with Gasteiger partial charge in [0.15, 0.2) is 0 Å². The van der Waals surface area contributed by atoms with Crippen LogP contribution in [-0.2, 0) is 20.9 Å². The van der Waals surface area contributed by atoms with Crippen molar-refractivity contribution in [3.63, 3.8) is 0 Å². The lowest BCUT2D eigenvalue weighted by Gasteiger charge is -2.25. The van der Waals surface area contributed by atoms with Crippen LogP contribution < -0.4 is 10.6 Å². The minimum absolute atomic E-state index is 0. The molecule has 2 N–H and O–H groups in total. The van der Waals surface area contributed by atoms with Gasteiger partial charge >= 0.3 is 0 Å². The second-order valence-corrected chi connectivity index (χ2v) is 6.46. The summed E-state index contributed by atoms with van der Waals surface area (Å²) < 4.78 is 11.3. The molecule has 1 aliphatic heterocycles. The van der Waals surface area contributed by atoms with Crippen molar-refractivity contribution in [3.8, 4) is 0 Å². The number of benzene rings is 2. The standard InChI is InChI=1S/C21H26N2O3.ClH/c24-21(13-19-15-25-12-11-22-19)23-20(18-9-5-2-6-10-18)16-26-14-17-7-3-1-4-8-17;/h1-10,19-20,22H,11-16H2,(H,23,24);1H. The molecular weight excluding hydrogens is 364 g/mol. The number of hydrogen-bond donors (Lipinski definition) is 2. The first-order valence-electron chi connectivity index (χ1n) is 9.08. The fourth-order valence-corrected chi connectivity index (χ4v) is 3.00. The minimum Gasteiger partial charge on any atom is -0.378 e. The van der Waals surface area contributed by atoms with E-state index in [-0.39, 0.29) is 30.4 Å². The van der Waals surface area contributed by atoms with Crippen molar-refractivity contribution < 1.29 is 14.3 Å². The number of ether oxygens (including phenoxy) is 2. The van der Waals surface area contributed by atoms with Gasteiger partial charge in [0.2, 0.25) is 5.91 Å². The summed E-state index contributed by atoms with van der Waals surface area (Å²) in [6, 6.07) is 19.9. The highest BCUT2D eigenvalue weighted by Crippen LogP contribution is 2.15.